The monoisotopic (exact) mass is 222 g/mol. The van der Waals surface area contributed by atoms with Gasteiger partial charge in [0.15, 0.2) is 0 Å². The average Bonchev–Trinajstić information content (AvgIpc) is 2.16. The first-order valence-corrected chi connectivity index (χ1v) is 4.63. The van der Waals surface area contributed by atoms with Crippen molar-refractivity contribution >= 4 is 17.3 Å². The third-order valence-electron chi connectivity index (χ3n) is 1.94. The largest absolute Gasteiger partial charge is 0.399 e. The Labute approximate surface area is 92.4 Å². The second-order valence-electron chi connectivity index (χ2n) is 3.35. The Balaban J connectivity index is 2.72. The highest BCUT2D eigenvalue weighted by atomic mass is 16.6. The third kappa shape index (κ3) is 3.56. The molecule has 0 aliphatic heterocycles. The van der Waals surface area contributed by atoms with Crippen molar-refractivity contribution in [3.63, 3.8) is 0 Å². The van der Waals surface area contributed by atoms with Gasteiger partial charge < -0.3 is 11.5 Å². The number of non-ortho nitro benzene ring substituents is 1. The number of amides is 1. The summed E-state index contributed by atoms with van der Waals surface area (Å²) in [6.07, 6.45) is 2.22. The zero-order valence-corrected chi connectivity index (χ0v) is 8.55. The number of nitro groups is 1. The second kappa shape index (κ2) is 5.11. The lowest BCUT2D eigenvalue weighted by atomic mass is 10.1. The van der Waals surface area contributed by atoms with Crippen LogP contribution in [-0.4, -0.2) is 10.8 Å². The molecule has 0 fully saturated rings. The minimum atomic E-state index is -0.506. The number of anilines is 1. The smallest absolute Gasteiger partial charge is 0.271 e. The minimum absolute atomic E-state index is 0.0533. The van der Waals surface area contributed by atoms with E-state index in [1.165, 1.54) is 12.1 Å². The van der Waals surface area contributed by atoms with E-state index in [2.05, 4.69) is 0 Å². The molecule has 1 rings (SSSR count). The first-order chi connectivity index (χ1) is 7.49. The fourth-order valence-electron chi connectivity index (χ4n) is 1.30. The molecule has 0 bridgehead atoms. The summed E-state index contributed by atoms with van der Waals surface area (Å²) in [5.74, 6) is -0.432. The summed E-state index contributed by atoms with van der Waals surface area (Å²) in [4.78, 5) is 20.5. The molecular formula is C10H12N3O3. The topological polar surface area (TPSA) is 112 Å². The van der Waals surface area contributed by atoms with Gasteiger partial charge in [0.1, 0.15) is 0 Å². The quantitative estimate of drug-likeness (QED) is 0.435. The SMILES string of the molecule is NC(=O)C[CH]Cc1cc(N)cc([N+](=O)[O-])c1. The van der Waals surface area contributed by atoms with Crippen LogP contribution < -0.4 is 11.5 Å². The maximum Gasteiger partial charge on any atom is 0.271 e. The molecule has 0 saturated heterocycles. The molecule has 0 spiro atoms. The van der Waals surface area contributed by atoms with Crippen LogP contribution in [0.4, 0.5) is 11.4 Å². The molecule has 6 heteroatoms. The number of hydrogen-bond donors (Lipinski definition) is 2. The molecule has 0 aromatic heterocycles. The number of carbonyl (C=O) groups excluding carboxylic acids is 1. The summed E-state index contributed by atoms with van der Waals surface area (Å²) in [5.41, 5.74) is 11.4. The van der Waals surface area contributed by atoms with E-state index in [9.17, 15) is 14.9 Å². The second-order valence-corrected chi connectivity index (χ2v) is 3.35. The van der Waals surface area contributed by atoms with Crippen molar-refractivity contribution in [2.75, 3.05) is 5.73 Å². The van der Waals surface area contributed by atoms with Gasteiger partial charge >= 0.3 is 0 Å². The van der Waals surface area contributed by atoms with Crippen molar-refractivity contribution in [1.82, 2.24) is 0 Å². The van der Waals surface area contributed by atoms with Crippen molar-refractivity contribution < 1.29 is 9.72 Å². The molecular weight excluding hydrogens is 210 g/mol. The van der Waals surface area contributed by atoms with Gasteiger partial charge in [-0.3, -0.25) is 14.9 Å². The summed E-state index contributed by atoms with van der Waals surface area (Å²) >= 11 is 0. The zero-order valence-electron chi connectivity index (χ0n) is 8.55. The van der Waals surface area contributed by atoms with Gasteiger partial charge in [0.2, 0.25) is 5.91 Å². The molecule has 0 atom stereocenters. The van der Waals surface area contributed by atoms with Crippen molar-refractivity contribution in [2.45, 2.75) is 12.8 Å². The summed E-state index contributed by atoms with van der Waals surface area (Å²) in [7, 11) is 0. The molecule has 0 heterocycles. The highest BCUT2D eigenvalue weighted by Crippen LogP contribution is 2.19. The van der Waals surface area contributed by atoms with Crippen LogP contribution in [0.15, 0.2) is 18.2 Å². The average molecular weight is 222 g/mol. The lowest BCUT2D eigenvalue weighted by Crippen LogP contribution is -2.10. The maximum atomic E-state index is 10.6. The fourth-order valence-corrected chi connectivity index (χ4v) is 1.30. The van der Waals surface area contributed by atoms with Crippen LogP contribution in [0.25, 0.3) is 0 Å². The Morgan fingerprint density at radius 1 is 1.44 bits per heavy atom. The van der Waals surface area contributed by atoms with Gasteiger partial charge in [-0.2, -0.15) is 0 Å². The Kier molecular flexibility index (Phi) is 3.82. The number of rotatable bonds is 5. The summed E-state index contributed by atoms with van der Waals surface area (Å²) in [5, 5.41) is 10.6. The number of nitrogens with zero attached hydrogens (tertiary/aromatic N) is 1. The lowest BCUT2D eigenvalue weighted by molar-refractivity contribution is -0.384. The van der Waals surface area contributed by atoms with Crippen molar-refractivity contribution in [1.29, 1.82) is 0 Å². The number of primary amides is 1. The molecule has 1 aromatic rings. The number of hydrogen-bond acceptors (Lipinski definition) is 4. The van der Waals surface area contributed by atoms with Crippen LogP contribution in [0.3, 0.4) is 0 Å². The molecule has 85 valence electrons. The molecule has 0 aliphatic rings. The van der Waals surface area contributed by atoms with Gasteiger partial charge in [-0.1, -0.05) is 0 Å². The van der Waals surface area contributed by atoms with Crippen molar-refractivity contribution in [3.8, 4) is 0 Å². The third-order valence-corrected chi connectivity index (χ3v) is 1.94. The van der Waals surface area contributed by atoms with E-state index in [0.717, 1.165) is 0 Å². The Bertz CT molecular complexity index is 418. The highest BCUT2D eigenvalue weighted by molar-refractivity contribution is 5.74. The van der Waals surface area contributed by atoms with E-state index < -0.39 is 10.8 Å². The Hall–Kier alpha value is -2.11. The highest BCUT2D eigenvalue weighted by Gasteiger charge is 2.08. The molecule has 1 amide bonds. The van der Waals surface area contributed by atoms with Crippen LogP contribution in [0.1, 0.15) is 12.0 Å². The van der Waals surface area contributed by atoms with Crippen LogP contribution in [0.2, 0.25) is 0 Å². The maximum absolute atomic E-state index is 10.6. The van der Waals surface area contributed by atoms with E-state index in [1.54, 1.807) is 12.5 Å². The van der Waals surface area contributed by atoms with Gasteiger partial charge in [-0.25, -0.2) is 0 Å². The van der Waals surface area contributed by atoms with E-state index in [-0.39, 0.29) is 12.1 Å². The molecule has 0 saturated carbocycles. The molecule has 16 heavy (non-hydrogen) atoms. The number of carbonyl (C=O) groups is 1. The molecule has 0 aliphatic carbocycles. The minimum Gasteiger partial charge on any atom is -0.399 e. The fraction of sp³-hybridized carbons (Fsp3) is 0.200. The van der Waals surface area contributed by atoms with Gasteiger partial charge in [-0.15, -0.1) is 0 Å². The number of benzene rings is 1. The van der Waals surface area contributed by atoms with Gasteiger partial charge in [-0.05, 0) is 24.5 Å². The standard InChI is InChI=1S/C10H12N3O3/c11-8-4-7(2-1-3-10(12)14)5-9(6-8)13(15)16/h1,4-6H,2-3,11H2,(H2,12,14). The Morgan fingerprint density at radius 3 is 2.69 bits per heavy atom. The summed E-state index contributed by atoms with van der Waals surface area (Å²) < 4.78 is 0. The van der Waals surface area contributed by atoms with Gasteiger partial charge in [0.25, 0.3) is 5.69 Å². The van der Waals surface area contributed by atoms with Gasteiger partial charge in [0, 0.05) is 24.2 Å². The van der Waals surface area contributed by atoms with Crippen LogP contribution in [0.5, 0.6) is 0 Å². The number of nitrogen functional groups attached to an aromatic ring is 1. The first kappa shape index (κ1) is 12.0. The van der Waals surface area contributed by atoms with E-state index >= 15 is 0 Å². The normalized spacial score (nSPS) is 10.0. The summed E-state index contributed by atoms with van der Waals surface area (Å²) in [6.45, 7) is 0. The predicted octanol–water partition coefficient (Wildman–Crippen LogP) is 0.799. The predicted molar refractivity (Wildman–Crippen MR) is 59.3 cm³/mol. The molecule has 4 N–H and O–H groups in total. The van der Waals surface area contributed by atoms with Gasteiger partial charge in [0.05, 0.1) is 4.92 Å². The summed E-state index contributed by atoms with van der Waals surface area (Å²) in [6, 6.07) is 4.34. The van der Waals surface area contributed by atoms with Crippen LogP contribution in [0, 0.1) is 16.5 Å². The van der Waals surface area contributed by atoms with E-state index in [1.807, 2.05) is 0 Å². The van der Waals surface area contributed by atoms with E-state index in [4.69, 9.17) is 11.5 Å². The lowest BCUT2D eigenvalue weighted by Gasteiger charge is -2.02. The van der Waals surface area contributed by atoms with Crippen LogP contribution in [-0.2, 0) is 11.2 Å². The van der Waals surface area contributed by atoms with Crippen LogP contribution >= 0.6 is 0 Å². The molecule has 0 unspecified atom stereocenters. The zero-order chi connectivity index (χ0) is 12.1. The van der Waals surface area contributed by atoms with E-state index in [0.29, 0.717) is 17.7 Å². The molecule has 6 nitrogen and oxygen atoms in total. The van der Waals surface area contributed by atoms with Crippen molar-refractivity contribution in [3.05, 3.63) is 40.3 Å². The first-order valence-electron chi connectivity index (χ1n) is 4.63. The van der Waals surface area contributed by atoms with Crippen molar-refractivity contribution in [2.24, 2.45) is 5.73 Å². The molecule has 1 radical (unpaired) electrons. The molecule has 1 aromatic carbocycles. The number of nitro benzene ring substituents is 1. The number of nitrogens with two attached hydrogens (primary N) is 2. The Morgan fingerprint density at radius 2 is 2.12 bits per heavy atom.